The highest BCUT2D eigenvalue weighted by atomic mass is 32.1. The maximum Gasteiger partial charge on any atom is 0.266 e. The maximum atomic E-state index is 13.2. The highest BCUT2D eigenvalue weighted by molar-refractivity contribution is 7.11. The first-order valence-corrected chi connectivity index (χ1v) is 10.0. The van der Waals surface area contributed by atoms with E-state index in [1.54, 1.807) is 5.51 Å². The Hall–Kier alpha value is -1.92. The molecule has 0 radical (unpaired) electrons. The molecule has 0 aliphatic carbocycles. The largest absolute Gasteiger partial charge is 0.485 e. The summed E-state index contributed by atoms with van der Waals surface area (Å²) in [4.78, 5) is 22.5. The molecule has 6 heteroatoms. The van der Waals surface area contributed by atoms with E-state index in [0.717, 1.165) is 47.8 Å². The number of ether oxygens (including phenoxy) is 1. The molecule has 3 heterocycles. The average Bonchev–Trinajstić information content (AvgIpc) is 2.97. The predicted molar refractivity (Wildman–Crippen MR) is 103 cm³/mol. The summed E-state index contributed by atoms with van der Waals surface area (Å²) in [5, 5.41) is 0. The first-order valence-electron chi connectivity index (χ1n) is 9.12. The zero-order chi connectivity index (χ0) is 18.3. The summed E-state index contributed by atoms with van der Waals surface area (Å²) < 4.78 is 6.58. The summed E-state index contributed by atoms with van der Waals surface area (Å²) in [5.74, 6) is 0.998. The van der Waals surface area contributed by atoms with Crippen molar-refractivity contribution in [3.05, 3.63) is 45.4 Å². The summed E-state index contributed by atoms with van der Waals surface area (Å²) in [7, 11) is 2.14. The number of likely N-dealkylation sites (tertiary alicyclic amines) is 1. The van der Waals surface area contributed by atoms with Crippen LogP contribution in [-0.4, -0.2) is 53.0 Å². The summed E-state index contributed by atoms with van der Waals surface area (Å²) in [5.41, 5.74) is 4.54. The smallest absolute Gasteiger partial charge is 0.266 e. The van der Waals surface area contributed by atoms with E-state index >= 15 is 0 Å². The van der Waals surface area contributed by atoms with Crippen LogP contribution in [0.15, 0.2) is 23.7 Å². The van der Waals surface area contributed by atoms with Gasteiger partial charge in [0.15, 0.2) is 0 Å². The average molecular weight is 372 g/mol. The number of hydrogen-bond donors (Lipinski definition) is 0. The lowest BCUT2D eigenvalue weighted by atomic mass is 9.90. The van der Waals surface area contributed by atoms with Gasteiger partial charge in [0.25, 0.3) is 5.91 Å². The van der Waals surface area contributed by atoms with Gasteiger partial charge in [-0.05, 0) is 27.0 Å². The minimum atomic E-state index is -0.304. The summed E-state index contributed by atoms with van der Waals surface area (Å²) >= 11 is 1.43. The van der Waals surface area contributed by atoms with Crippen LogP contribution in [0.25, 0.3) is 0 Å². The third-order valence-corrected chi connectivity index (χ3v) is 6.42. The molecule has 2 aliphatic heterocycles. The van der Waals surface area contributed by atoms with E-state index in [2.05, 4.69) is 42.1 Å². The standard InChI is InChI=1S/C20H25N3O2S/c1-14-4-5-17-16(10-14)11-23(19(24)18-15(2)21-13-26-18)12-20(25-17)6-8-22(3)9-7-20/h4-5,10,13H,6-9,11-12H2,1-3H3. The molecule has 0 atom stereocenters. The molecular formula is C20H25N3O2S. The zero-order valence-electron chi connectivity index (χ0n) is 15.6. The number of piperidine rings is 1. The Morgan fingerprint density at radius 1 is 1.27 bits per heavy atom. The van der Waals surface area contributed by atoms with Crippen LogP contribution in [0.5, 0.6) is 5.75 Å². The van der Waals surface area contributed by atoms with Gasteiger partial charge in [0.1, 0.15) is 16.2 Å². The van der Waals surface area contributed by atoms with Crippen molar-refractivity contribution < 1.29 is 9.53 Å². The monoisotopic (exact) mass is 371 g/mol. The van der Waals surface area contributed by atoms with E-state index in [-0.39, 0.29) is 11.5 Å². The second-order valence-electron chi connectivity index (χ2n) is 7.63. The second kappa shape index (κ2) is 6.67. The molecule has 1 fully saturated rings. The number of rotatable bonds is 1. The quantitative estimate of drug-likeness (QED) is 0.772. The van der Waals surface area contributed by atoms with E-state index in [9.17, 15) is 4.79 Å². The number of benzene rings is 1. The Balaban J connectivity index is 1.72. The zero-order valence-corrected chi connectivity index (χ0v) is 16.4. The van der Waals surface area contributed by atoms with Gasteiger partial charge in [-0.2, -0.15) is 0 Å². The van der Waals surface area contributed by atoms with Crippen LogP contribution in [0.4, 0.5) is 0 Å². The Morgan fingerprint density at radius 3 is 2.73 bits per heavy atom. The lowest BCUT2D eigenvalue weighted by Gasteiger charge is -2.41. The minimum Gasteiger partial charge on any atom is -0.485 e. The molecule has 1 spiro atoms. The van der Waals surface area contributed by atoms with Crippen LogP contribution in [0.1, 0.15) is 39.3 Å². The number of hydrogen-bond acceptors (Lipinski definition) is 5. The van der Waals surface area contributed by atoms with E-state index in [1.807, 2.05) is 11.8 Å². The van der Waals surface area contributed by atoms with Crippen molar-refractivity contribution in [2.24, 2.45) is 0 Å². The Kier molecular flexibility index (Phi) is 4.49. The number of amides is 1. The summed E-state index contributed by atoms with van der Waals surface area (Å²) in [6, 6.07) is 6.30. The number of thiazole rings is 1. The van der Waals surface area contributed by atoms with Gasteiger partial charge in [-0.1, -0.05) is 17.7 Å². The van der Waals surface area contributed by atoms with Gasteiger partial charge in [0.05, 0.1) is 17.7 Å². The molecule has 1 aromatic carbocycles. The Bertz CT molecular complexity index is 824. The van der Waals surface area contributed by atoms with E-state index in [1.165, 1.54) is 16.9 Å². The first kappa shape index (κ1) is 17.5. The summed E-state index contributed by atoms with van der Waals surface area (Å²) in [6.07, 6.45) is 1.87. The Morgan fingerprint density at radius 2 is 2.04 bits per heavy atom. The van der Waals surface area contributed by atoms with Crippen LogP contribution in [0, 0.1) is 13.8 Å². The number of fused-ring (bicyclic) bond motifs is 1. The fourth-order valence-corrected chi connectivity index (χ4v) is 4.66. The van der Waals surface area contributed by atoms with Gasteiger partial charge in [0, 0.05) is 38.0 Å². The highest BCUT2D eigenvalue weighted by Crippen LogP contribution is 2.36. The van der Waals surface area contributed by atoms with Crippen molar-refractivity contribution in [3.8, 4) is 5.75 Å². The molecule has 26 heavy (non-hydrogen) atoms. The number of carbonyl (C=O) groups is 1. The van der Waals surface area contributed by atoms with E-state index < -0.39 is 0 Å². The predicted octanol–water partition coefficient (Wildman–Crippen LogP) is 3.26. The van der Waals surface area contributed by atoms with Gasteiger partial charge in [-0.3, -0.25) is 4.79 Å². The molecule has 2 aromatic rings. The number of carbonyl (C=O) groups excluding carboxylic acids is 1. The van der Waals surface area contributed by atoms with Gasteiger partial charge < -0.3 is 14.5 Å². The SMILES string of the molecule is Cc1ccc2c(c1)CN(C(=O)c1scnc1C)CC1(CCN(C)CC1)O2. The lowest BCUT2D eigenvalue weighted by Crippen LogP contribution is -2.53. The van der Waals surface area contributed by atoms with Gasteiger partial charge in [-0.15, -0.1) is 11.3 Å². The third-order valence-electron chi connectivity index (χ3n) is 5.51. The lowest BCUT2D eigenvalue weighted by molar-refractivity contribution is -0.0102. The fourth-order valence-electron chi connectivity index (χ4n) is 3.89. The van der Waals surface area contributed by atoms with Crippen molar-refractivity contribution in [2.75, 3.05) is 26.7 Å². The molecule has 0 N–H and O–H groups in total. The number of nitrogens with zero attached hydrogens (tertiary/aromatic N) is 3. The Labute approximate surface area is 158 Å². The number of aryl methyl sites for hydroxylation is 2. The summed E-state index contributed by atoms with van der Waals surface area (Å²) in [6.45, 7) is 7.18. The van der Waals surface area contributed by atoms with Crippen molar-refractivity contribution in [1.82, 2.24) is 14.8 Å². The second-order valence-corrected chi connectivity index (χ2v) is 8.48. The molecule has 138 valence electrons. The molecule has 4 rings (SSSR count). The first-order chi connectivity index (χ1) is 12.5. The molecule has 2 aliphatic rings. The molecule has 5 nitrogen and oxygen atoms in total. The van der Waals surface area contributed by atoms with Crippen molar-refractivity contribution in [1.29, 1.82) is 0 Å². The van der Waals surface area contributed by atoms with Crippen molar-refractivity contribution in [2.45, 2.75) is 38.8 Å². The molecule has 1 saturated heterocycles. The molecule has 1 amide bonds. The van der Waals surface area contributed by atoms with Gasteiger partial charge in [-0.25, -0.2) is 4.98 Å². The van der Waals surface area contributed by atoms with Gasteiger partial charge in [0.2, 0.25) is 0 Å². The highest BCUT2D eigenvalue weighted by Gasteiger charge is 2.41. The molecule has 0 saturated carbocycles. The van der Waals surface area contributed by atoms with Crippen LogP contribution < -0.4 is 4.74 Å². The van der Waals surface area contributed by atoms with Gasteiger partial charge >= 0.3 is 0 Å². The normalized spacial score (nSPS) is 19.7. The maximum absolute atomic E-state index is 13.2. The van der Waals surface area contributed by atoms with Crippen LogP contribution in [-0.2, 0) is 6.54 Å². The fraction of sp³-hybridized carbons (Fsp3) is 0.500. The topological polar surface area (TPSA) is 45.7 Å². The van der Waals surface area contributed by atoms with Crippen molar-refractivity contribution >= 4 is 17.2 Å². The molecule has 1 aromatic heterocycles. The minimum absolute atomic E-state index is 0.0706. The molecule has 0 unspecified atom stereocenters. The molecular weight excluding hydrogens is 346 g/mol. The van der Waals surface area contributed by atoms with Crippen LogP contribution in [0.3, 0.4) is 0 Å². The van der Waals surface area contributed by atoms with E-state index in [4.69, 9.17) is 4.74 Å². The number of aromatic nitrogens is 1. The van der Waals surface area contributed by atoms with Crippen LogP contribution >= 0.6 is 11.3 Å². The third kappa shape index (κ3) is 3.23. The van der Waals surface area contributed by atoms with Crippen LogP contribution in [0.2, 0.25) is 0 Å². The molecule has 0 bridgehead atoms. The van der Waals surface area contributed by atoms with E-state index in [0.29, 0.717) is 13.1 Å². The van der Waals surface area contributed by atoms with Crippen molar-refractivity contribution in [3.63, 3.8) is 0 Å².